The van der Waals surface area contributed by atoms with E-state index in [0.29, 0.717) is 22.9 Å². The second-order valence-corrected chi connectivity index (χ2v) is 5.97. The van der Waals surface area contributed by atoms with Crippen LogP contribution >= 0.6 is 0 Å². The van der Waals surface area contributed by atoms with Crippen molar-refractivity contribution in [3.05, 3.63) is 47.2 Å². The molecule has 0 fully saturated rings. The average molecular weight is 285 g/mol. The van der Waals surface area contributed by atoms with E-state index in [0.717, 1.165) is 11.8 Å². The second-order valence-electron chi connectivity index (χ2n) is 5.97. The molecule has 0 aliphatic carbocycles. The molecule has 0 atom stereocenters. The maximum atomic E-state index is 10.8. The van der Waals surface area contributed by atoms with Crippen LogP contribution in [0.4, 0.5) is 0 Å². The maximum Gasteiger partial charge on any atom is 0.219 e. The predicted molar refractivity (Wildman–Crippen MR) is 81.2 cm³/mol. The normalized spacial score (nSPS) is 11.2. The van der Waals surface area contributed by atoms with Crippen LogP contribution in [0.25, 0.3) is 0 Å². The minimum absolute atomic E-state index is 0.186. The van der Waals surface area contributed by atoms with Gasteiger partial charge in [0.15, 0.2) is 6.29 Å². The zero-order valence-corrected chi connectivity index (χ0v) is 12.7. The predicted octanol–water partition coefficient (Wildman–Crippen LogP) is 4.00. The highest BCUT2D eigenvalue weighted by Crippen LogP contribution is 2.34. The fourth-order valence-electron chi connectivity index (χ4n) is 2.03. The van der Waals surface area contributed by atoms with Gasteiger partial charge in [-0.1, -0.05) is 20.8 Å². The number of ether oxygens (including phenoxy) is 1. The van der Waals surface area contributed by atoms with Gasteiger partial charge in [-0.2, -0.15) is 0 Å². The lowest BCUT2D eigenvalue weighted by Crippen LogP contribution is -2.11. The van der Waals surface area contributed by atoms with E-state index in [2.05, 4.69) is 4.98 Å². The number of rotatable bonds is 3. The van der Waals surface area contributed by atoms with Crippen molar-refractivity contribution in [3.8, 4) is 17.4 Å². The third-order valence-corrected chi connectivity index (χ3v) is 3.23. The molecule has 1 aromatic carbocycles. The van der Waals surface area contributed by atoms with Gasteiger partial charge in [0.05, 0.1) is 5.69 Å². The third kappa shape index (κ3) is 3.40. The monoisotopic (exact) mass is 285 g/mol. The summed E-state index contributed by atoms with van der Waals surface area (Å²) in [6, 6.07) is 8.44. The molecular formula is C17H19NO3. The van der Waals surface area contributed by atoms with E-state index in [1.165, 1.54) is 0 Å². The van der Waals surface area contributed by atoms with Crippen LogP contribution in [0, 0.1) is 6.92 Å². The molecule has 1 heterocycles. The van der Waals surface area contributed by atoms with E-state index in [1.807, 2.05) is 20.8 Å². The Morgan fingerprint density at radius 1 is 1.19 bits per heavy atom. The van der Waals surface area contributed by atoms with Gasteiger partial charge in [0.2, 0.25) is 5.88 Å². The molecule has 0 spiro atoms. The number of hydrogen-bond donors (Lipinski definition) is 1. The van der Waals surface area contributed by atoms with Crippen molar-refractivity contribution in [2.45, 2.75) is 33.1 Å². The lowest BCUT2D eigenvalue weighted by atomic mass is 9.86. The smallest absolute Gasteiger partial charge is 0.219 e. The Bertz CT molecular complexity index is 672. The average Bonchev–Trinajstić information content (AvgIpc) is 2.40. The number of pyridine rings is 1. The van der Waals surface area contributed by atoms with Gasteiger partial charge < -0.3 is 9.84 Å². The highest BCUT2D eigenvalue weighted by molar-refractivity contribution is 5.76. The number of carbonyl (C=O) groups is 1. The van der Waals surface area contributed by atoms with Crippen LogP contribution in [0.5, 0.6) is 17.4 Å². The highest BCUT2D eigenvalue weighted by Gasteiger charge is 2.19. The van der Waals surface area contributed by atoms with E-state index in [4.69, 9.17) is 4.74 Å². The van der Waals surface area contributed by atoms with Crippen LogP contribution in [0.1, 0.15) is 42.4 Å². The molecule has 2 aromatic rings. The molecule has 4 nitrogen and oxygen atoms in total. The van der Waals surface area contributed by atoms with Crippen LogP contribution in [0.2, 0.25) is 0 Å². The molecule has 110 valence electrons. The molecule has 0 saturated carbocycles. The lowest BCUT2D eigenvalue weighted by Gasteiger charge is -2.21. The van der Waals surface area contributed by atoms with Crippen LogP contribution < -0.4 is 4.74 Å². The number of aromatic nitrogens is 1. The molecule has 1 N–H and O–H groups in total. The zero-order valence-electron chi connectivity index (χ0n) is 12.7. The topological polar surface area (TPSA) is 59.4 Å². The molecule has 0 aliphatic heterocycles. The molecule has 0 bridgehead atoms. The standard InChI is InChI=1S/C17H19NO3/c1-11-12(10-19)5-8-16(18-11)21-13-6-7-15(20)14(9-13)17(2,3)4/h5-10,20H,1-4H3. The van der Waals surface area contributed by atoms with Crippen LogP contribution in [-0.2, 0) is 5.41 Å². The van der Waals surface area contributed by atoms with Crippen molar-refractivity contribution in [1.29, 1.82) is 0 Å². The van der Waals surface area contributed by atoms with Gasteiger partial charge in [0, 0.05) is 17.2 Å². The van der Waals surface area contributed by atoms with Crippen molar-refractivity contribution in [3.63, 3.8) is 0 Å². The summed E-state index contributed by atoms with van der Waals surface area (Å²) < 4.78 is 5.71. The fourth-order valence-corrected chi connectivity index (χ4v) is 2.03. The van der Waals surface area contributed by atoms with Crippen molar-refractivity contribution >= 4 is 6.29 Å². The van der Waals surface area contributed by atoms with Crippen molar-refractivity contribution in [1.82, 2.24) is 4.98 Å². The number of aldehydes is 1. The molecular weight excluding hydrogens is 266 g/mol. The summed E-state index contributed by atoms with van der Waals surface area (Å²) in [7, 11) is 0. The number of carbonyl (C=O) groups excluding carboxylic acids is 1. The Morgan fingerprint density at radius 2 is 1.90 bits per heavy atom. The summed E-state index contributed by atoms with van der Waals surface area (Å²) in [4.78, 5) is 15.0. The Morgan fingerprint density at radius 3 is 2.48 bits per heavy atom. The molecule has 0 saturated heterocycles. The number of aromatic hydroxyl groups is 1. The van der Waals surface area contributed by atoms with Crippen LogP contribution in [0.15, 0.2) is 30.3 Å². The molecule has 0 amide bonds. The number of phenols is 1. The summed E-state index contributed by atoms with van der Waals surface area (Å²) in [5.74, 6) is 1.27. The molecule has 0 radical (unpaired) electrons. The number of aryl methyl sites for hydroxylation is 1. The Labute approximate surface area is 124 Å². The van der Waals surface area contributed by atoms with E-state index in [9.17, 15) is 9.90 Å². The Hall–Kier alpha value is -2.36. The fraction of sp³-hybridized carbons (Fsp3) is 0.294. The second kappa shape index (κ2) is 5.56. The zero-order chi connectivity index (χ0) is 15.6. The molecule has 1 aromatic heterocycles. The Kier molecular flexibility index (Phi) is 3.98. The van der Waals surface area contributed by atoms with Crippen LogP contribution in [0.3, 0.4) is 0 Å². The van der Waals surface area contributed by atoms with Crippen molar-refractivity contribution < 1.29 is 14.6 Å². The van der Waals surface area contributed by atoms with E-state index in [-0.39, 0.29) is 11.2 Å². The summed E-state index contributed by atoms with van der Waals surface area (Å²) in [5.41, 5.74) is 1.79. The summed E-state index contributed by atoms with van der Waals surface area (Å²) in [6.07, 6.45) is 0.768. The highest BCUT2D eigenvalue weighted by atomic mass is 16.5. The van der Waals surface area contributed by atoms with E-state index in [1.54, 1.807) is 37.3 Å². The molecule has 2 rings (SSSR count). The third-order valence-electron chi connectivity index (χ3n) is 3.23. The number of benzene rings is 1. The SMILES string of the molecule is Cc1nc(Oc2ccc(O)c(C(C)(C)C)c2)ccc1C=O. The van der Waals surface area contributed by atoms with Gasteiger partial charge in [-0.05, 0) is 36.6 Å². The lowest BCUT2D eigenvalue weighted by molar-refractivity contribution is 0.112. The first-order valence-corrected chi connectivity index (χ1v) is 6.75. The minimum Gasteiger partial charge on any atom is -0.508 e. The summed E-state index contributed by atoms with van der Waals surface area (Å²) >= 11 is 0. The minimum atomic E-state index is -0.186. The largest absolute Gasteiger partial charge is 0.508 e. The quantitative estimate of drug-likeness (QED) is 0.866. The van der Waals surface area contributed by atoms with Gasteiger partial charge in [0.25, 0.3) is 0 Å². The van der Waals surface area contributed by atoms with Crippen LogP contribution in [-0.4, -0.2) is 16.4 Å². The van der Waals surface area contributed by atoms with Gasteiger partial charge in [0.1, 0.15) is 11.5 Å². The maximum absolute atomic E-state index is 10.8. The summed E-state index contributed by atoms with van der Waals surface area (Å²) in [6.45, 7) is 7.82. The molecule has 4 heteroatoms. The van der Waals surface area contributed by atoms with Crippen molar-refractivity contribution in [2.75, 3.05) is 0 Å². The molecule has 21 heavy (non-hydrogen) atoms. The Balaban J connectivity index is 2.32. The number of phenolic OH excluding ortho intramolecular Hbond substituents is 1. The van der Waals surface area contributed by atoms with E-state index >= 15 is 0 Å². The van der Waals surface area contributed by atoms with Gasteiger partial charge >= 0.3 is 0 Å². The molecule has 0 unspecified atom stereocenters. The number of nitrogens with zero attached hydrogens (tertiary/aromatic N) is 1. The molecule has 0 aliphatic rings. The van der Waals surface area contributed by atoms with Gasteiger partial charge in [-0.25, -0.2) is 4.98 Å². The first kappa shape index (κ1) is 15.0. The summed E-state index contributed by atoms with van der Waals surface area (Å²) in [5, 5.41) is 9.94. The number of hydrogen-bond acceptors (Lipinski definition) is 4. The van der Waals surface area contributed by atoms with Gasteiger partial charge in [-0.15, -0.1) is 0 Å². The van der Waals surface area contributed by atoms with E-state index < -0.39 is 0 Å². The first-order valence-electron chi connectivity index (χ1n) is 6.75. The first-order chi connectivity index (χ1) is 9.81. The van der Waals surface area contributed by atoms with Gasteiger partial charge in [-0.3, -0.25) is 4.79 Å². The van der Waals surface area contributed by atoms with Crippen molar-refractivity contribution in [2.24, 2.45) is 0 Å².